The monoisotopic (exact) mass is 375 g/mol. The Morgan fingerprint density at radius 3 is 2.37 bits per heavy atom. The number of ether oxygens (including phenoxy) is 2. The Balaban J connectivity index is 1.74. The molecular formula is C21H23F2NO3. The van der Waals surface area contributed by atoms with Gasteiger partial charge >= 0.3 is 6.61 Å². The van der Waals surface area contributed by atoms with E-state index >= 15 is 0 Å². The molecule has 4 nitrogen and oxygen atoms in total. The molecule has 0 atom stereocenters. The maximum atomic E-state index is 13.1. The molecular weight excluding hydrogens is 352 g/mol. The van der Waals surface area contributed by atoms with E-state index in [4.69, 9.17) is 4.74 Å². The summed E-state index contributed by atoms with van der Waals surface area (Å²) in [4.78, 5) is 14.9. The van der Waals surface area contributed by atoms with E-state index in [0.29, 0.717) is 24.6 Å². The molecule has 1 saturated heterocycles. The van der Waals surface area contributed by atoms with Gasteiger partial charge in [0.2, 0.25) is 0 Å². The van der Waals surface area contributed by atoms with Gasteiger partial charge in [-0.3, -0.25) is 4.79 Å². The Labute approximate surface area is 157 Å². The number of rotatable bonds is 7. The molecule has 1 fully saturated rings. The lowest BCUT2D eigenvalue weighted by atomic mass is 9.99. The molecule has 0 spiro atoms. The van der Waals surface area contributed by atoms with Crippen molar-refractivity contribution in [3.8, 4) is 5.75 Å². The Kier molecular flexibility index (Phi) is 6.76. The molecule has 1 aliphatic rings. The van der Waals surface area contributed by atoms with Crippen LogP contribution in [0.3, 0.4) is 0 Å². The summed E-state index contributed by atoms with van der Waals surface area (Å²) in [5.41, 5.74) is 1.51. The van der Waals surface area contributed by atoms with Gasteiger partial charge in [-0.1, -0.05) is 30.3 Å². The van der Waals surface area contributed by atoms with Gasteiger partial charge in [0, 0.05) is 31.9 Å². The first kappa shape index (κ1) is 19.3. The number of halogens is 2. The molecule has 2 aromatic carbocycles. The number of hydrogen-bond donors (Lipinski definition) is 0. The summed E-state index contributed by atoms with van der Waals surface area (Å²) < 4.78 is 34.4. The van der Waals surface area contributed by atoms with E-state index in [-0.39, 0.29) is 11.7 Å². The summed E-state index contributed by atoms with van der Waals surface area (Å²) >= 11 is 0. The standard InChI is InChI=1S/C21H23F2NO3/c22-21(23)27-19-8-6-18(7-9-19)20(25)24(14-16-4-2-1-3-5-16)15-17-10-12-26-13-11-17/h1-9,17,21H,10-15H2. The Hall–Kier alpha value is -2.47. The lowest BCUT2D eigenvalue weighted by Crippen LogP contribution is -2.36. The molecule has 3 rings (SSSR count). The summed E-state index contributed by atoms with van der Waals surface area (Å²) in [6.45, 7) is -0.289. The summed E-state index contributed by atoms with van der Waals surface area (Å²) in [7, 11) is 0. The third-order valence-corrected chi connectivity index (χ3v) is 4.65. The summed E-state index contributed by atoms with van der Waals surface area (Å²) in [5.74, 6) is 0.322. The minimum atomic E-state index is -2.88. The van der Waals surface area contributed by atoms with Crippen LogP contribution in [0.4, 0.5) is 8.78 Å². The quantitative estimate of drug-likeness (QED) is 0.722. The van der Waals surface area contributed by atoms with Crippen molar-refractivity contribution in [2.24, 2.45) is 5.92 Å². The highest BCUT2D eigenvalue weighted by molar-refractivity contribution is 5.94. The number of nitrogens with zero attached hydrogens (tertiary/aromatic N) is 1. The smallest absolute Gasteiger partial charge is 0.387 e. The molecule has 27 heavy (non-hydrogen) atoms. The number of amides is 1. The van der Waals surface area contributed by atoms with Crippen molar-refractivity contribution in [3.63, 3.8) is 0 Å². The van der Waals surface area contributed by atoms with Crippen LogP contribution in [0.5, 0.6) is 5.75 Å². The fourth-order valence-corrected chi connectivity index (χ4v) is 3.23. The van der Waals surface area contributed by atoms with E-state index in [1.165, 1.54) is 24.3 Å². The van der Waals surface area contributed by atoms with E-state index in [9.17, 15) is 13.6 Å². The van der Waals surface area contributed by atoms with Gasteiger partial charge in [-0.25, -0.2) is 0 Å². The van der Waals surface area contributed by atoms with Crippen LogP contribution in [-0.4, -0.2) is 37.2 Å². The van der Waals surface area contributed by atoms with Gasteiger partial charge in [0.1, 0.15) is 5.75 Å². The first-order chi connectivity index (χ1) is 13.1. The summed E-state index contributed by atoms with van der Waals surface area (Å²) in [6.07, 6.45) is 1.86. The normalized spacial score (nSPS) is 14.9. The fourth-order valence-electron chi connectivity index (χ4n) is 3.23. The first-order valence-electron chi connectivity index (χ1n) is 9.07. The Morgan fingerprint density at radius 2 is 1.74 bits per heavy atom. The zero-order valence-corrected chi connectivity index (χ0v) is 15.0. The fraction of sp³-hybridized carbons (Fsp3) is 0.381. The maximum Gasteiger partial charge on any atom is 0.387 e. The van der Waals surface area contributed by atoms with Crippen LogP contribution < -0.4 is 4.74 Å². The van der Waals surface area contributed by atoms with Gasteiger partial charge < -0.3 is 14.4 Å². The molecule has 0 unspecified atom stereocenters. The third-order valence-electron chi connectivity index (χ3n) is 4.65. The zero-order chi connectivity index (χ0) is 19.1. The van der Waals surface area contributed by atoms with Gasteiger partial charge in [0.05, 0.1) is 0 Å². The van der Waals surface area contributed by atoms with Crippen molar-refractivity contribution in [2.45, 2.75) is 26.0 Å². The lowest BCUT2D eigenvalue weighted by molar-refractivity contribution is -0.0498. The van der Waals surface area contributed by atoms with Gasteiger partial charge in [-0.05, 0) is 48.6 Å². The highest BCUT2D eigenvalue weighted by Crippen LogP contribution is 2.21. The van der Waals surface area contributed by atoms with E-state index in [1.807, 2.05) is 35.2 Å². The topological polar surface area (TPSA) is 38.8 Å². The molecule has 2 aromatic rings. The average Bonchev–Trinajstić information content (AvgIpc) is 2.69. The largest absolute Gasteiger partial charge is 0.435 e. The molecule has 0 bridgehead atoms. The van der Waals surface area contributed by atoms with Crippen LogP contribution >= 0.6 is 0 Å². The van der Waals surface area contributed by atoms with E-state index in [2.05, 4.69) is 4.74 Å². The van der Waals surface area contributed by atoms with Crippen molar-refractivity contribution in [1.29, 1.82) is 0 Å². The highest BCUT2D eigenvalue weighted by Gasteiger charge is 2.22. The average molecular weight is 375 g/mol. The molecule has 1 aliphatic heterocycles. The Bertz CT molecular complexity index is 716. The van der Waals surface area contributed by atoms with Crippen molar-refractivity contribution < 1.29 is 23.0 Å². The molecule has 0 aromatic heterocycles. The molecule has 0 saturated carbocycles. The predicted molar refractivity (Wildman–Crippen MR) is 97.8 cm³/mol. The van der Waals surface area contributed by atoms with Crippen LogP contribution in [0.25, 0.3) is 0 Å². The first-order valence-corrected chi connectivity index (χ1v) is 9.07. The third kappa shape index (κ3) is 5.76. The van der Waals surface area contributed by atoms with Crippen molar-refractivity contribution >= 4 is 5.91 Å². The van der Waals surface area contributed by atoms with Crippen molar-refractivity contribution in [3.05, 3.63) is 65.7 Å². The second-order valence-electron chi connectivity index (χ2n) is 6.63. The molecule has 1 heterocycles. The van der Waals surface area contributed by atoms with E-state index in [0.717, 1.165) is 31.6 Å². The van der Waals surface area contributed by atoms with Crippen LogP contribution in [0.1, 0.15) is 28.8 Å². The number of benzene rings is 2. The van der Waals surface area contributed by atoms with E-state index in [1.54, 1.807) is 0 Å². The van der Waals surface area contributed by atoms with Gasteiger partial charge in [-0.15, -0.1) is 0 Å². The summed E-state index contributed by atoms with van der Waals surface area (Å²) in [6, 6.07) is 15.7. The number of carbonyl (C=O) groups is 1. The number of carbonyl (C=O) groups excluding carboxylic acids is 1. The van der Waals surface area contributed by atoms with Crippen LogP contribution in [0, 0.1) is 5.92 Å². The lowest BCUT2D eigenvalue weighted by Gasteiger charge is -2.30. The van der Waals surface area contributed by atoms with Crippen LogP contribution in [-0.2, 0) is 11.3 Å². The molecule has 0 radical (unpaired) electrons. The van der Waals surface area contributed by atoms with Gasteiger partial charge in [0.25, 0.3) is 5.91 Å². The van der Waals surface area contributed by atoms with Crippen molar-refractivity contribution in [1.82, 2.24) is 4.90 Å². The second kappa shape index (κ2) is 9.46. The maximum absolute atomic E-state index is 13.1. The zero-order valence-electron chi connectivity index (χ0n) is 15.0. The summed E-state index contributed by atoms with van der Waals surface area (Å²) in [5, 5.41) is 0. The highest BCUT2D eigenvalue weighted by atomic mass is 19.3. The predicted octanol–water partition coefficient (Wildman–Crippen LogP) is 4.36. The second-order valence-corrected chi connectivity index (χ2v) is 6.63. The van der Waals surface area contributed by atoms with E-state index < -0.39 is 6.61 Å². The number of hydrogen-bond acceptors (Lipinski definition) is 3. The minimum Gasteiger partial charge on any atom is -0.435 e. The molecule has 144 valence electrons. The van der Waals surface area contributed by atoms with Crippen LogP contribution in [0.15, 0.2) is 54.6 Å². The Morgan fingerprint density at radius 1 is 1.07 bits per heavy atom. The molecule has 0 aliphatic carbocycles. The minimum absolute atomic E-state index is 0.0422. The van der Waals surface area contributed by atoms with Gasteiger partial charge in [-0.2, -0.15) is 8.78 Å². The SMILES string of the molecule is O=C(c1ccc(OC(F)F)cc1)N(Cc1ccccc1)CC1CCOCC1. The van der Waals surface area contributed by atoms with Crippen molar-refractivity contribution in [2.75, 3.05) is 19.8 Å². The number of alkyl halides is 2. The van der Waals surface area contributed by atoms with Crippen LogP contribution in [0.2, 0.25) is 0 Å². The molecule has 6 heteroatoms. The van der Waals surface area contributed by atoms with Gasteiger partial charge in [0.15, 0.2) is 0 Å². The molecule has 0 N–H and O–H groups in total. The molecule has 1 amide bonds.